The van der Waals surface area contributed by atoms with Crippen LogP contribution in [0.3, 0.4) is 0 Å². The summed E-state index contributed by atoms with van der Waals surface area (Å²) in [6, 6.07) is 24.2. The van der Waals surface area contributed by atoms with E-state index in [1.807, 2.05) is 18.2 Å². The zero-order chi connectivity index (χ0) is 18.9. The summed E-state index contributed by atoms with van der Waals surface area (Å²) in [5.74, 6) is -0.362. The van der Waals surface area contributed by atoms with E-state index in [-0.39, 0.29) is 10.8 Å². The third-order valence-corrected chi connectivity index (χ3v) is 5.94. The van der Waals surface area contributed by atoms with Gasteiger partial charge in [0.15, 0.2) is 0 Å². The van der Waals surface area contributed by atoms with Gasteiger partial charge in [0.05, 0.1) is 16.0 Å². The number of carbonyl (C=O) groups is 1. The molecule has 0 aliphatic carbocycles. The predicted octanol–water partition coefficient (Wildman–Crippen LogP) is 4.13. The number of benzene rings is 3. The van der Waals surface area contributed by atoms with Gasteiger partial charge in [0, 0.05) is 17.3 Å². The van der Waals surface area contributed by atoms with Crippen LogP contribution in [0.4, 0.5) is 5.69 Å². The van der Waals surface area contributed by atoms with Crippen LogP contribution in [0.1, 0.15) is 10.4 Å². The third-order valence-electron chi connectivity index (χ3n) is 4.25. The van der Waals surface area contributed by atoms with Gasteiger partial charge in [0.1, 0.15) is 0 Å². The van der Waals surface area contributed by atoms with E-state index < -0.39 is 10.0 Å². The standard InChI is InChI=1S/C21H16N2O3S/c24-21(22-16-9-3-1-4-10-16)19-15-23(20-14-8-7-13-18(19)20)27(25,26)17-11-5-2-6-12-17/h1-15H,(H,22,24). The number of nitrogens with zero attached hydrogens (tertiary/aromatic N) is 1. The van der Waals surface area contributed by atoms with E-state index >= 15 is 0 Å². The van der Waals surface area contributed by atoms with Crippen LogP contribution >= 0.6 is 0 Å². The van der Waals surface area contributed by atoms with Gasteiger partial charge in [-0.25, -0.2) is 12.4 Å². The first-order valence-electron chi connectivity index (χ1n) is 8.34. The summed E-state index contributed by atoms with van der Waals surface area (Å²) in [5, 5.41) is 3.38. The summed E-state index contributed by atoms with van der Waals surface area (Å²) >= 11 is 0. The fourth-order valence-corrected chi connectivity index (χ4v) is 4.35. The molecule has 0 radical (unpaired) electrons. The molecule has 0 fully saturated rings. The number of hydrogen-bond acceptors (Lipinski definition) is 3. The first kappa shape index (κ1) is 17.1. The van der Waals surface area contributed by atoms with Crippen molar-refractivity contribution in [2.45, 2.75) is 4.90 Å². The van der Waals surface area contributed by atoms with E-state index in [1.165, 1.54) is 18.3 Å². The van der Waals surface area contributed by atoms with Crippen LogP contribution in [-0.2, 0) is 10.0 Å². The van der Waals surface area contributed by atoms with Crippen molar-refractivity contribution in [2.24, 2.45) is 0 Å². The maximum Gasteiger partial charge on any atom is 0.268 e. The monoisotopic (exact) mass is 376 g/mol. The highest BCUT2D eigenvalue weighted by Gasteiger charge is 2.23. The topological polar surface area (TPSA) is 68.2 Å². The molecule has 3 aromatic carbocycles. The summed E-state index contributed by atoms with van der Waals surface area (Å²) in [4.78, 5) is 13.0. The number of nitrogens with one attached hydrogen (secondary N) is 1. The zero-order valence-electron chi connectivity index (χ0n) is 14.2. The molecule has 0 unspecified atom stereocenters. The molecule has 1 N–H and O–H groups in total. The number of rotatable bonds is 4. The van der Waals surface area contributed by atoms with E-state index in [0.29, 0.717) is 22.2 Å². The van der Waals surface area contributed by atoms with Gasteiger partial charge in [-0.05, 0) is 30.3 Å². The molecule has 0 spiro atoms. The van der Waals surface area contributed by atoms with Crippen molar-refractivity contribution in [3.05, 3.63) is 96.7 Å². The Morgan fingerprint density at radius 2 is 1.37 bits per heavy atom. The van der Waals surface area contributed by atoms with Crippen molar-refractivity contribution < 1.29 is 13.2 Å². The lowest BCUT2D eigenvalue weighted by molar-refractivity contribution is 0.102. The minimum absolute atomic E-state index is 0.167. The van der Waals surface area contributed by atoms with Gasteiger partial charge in [-0.3, -0.25) is 4.79 Å². The SMILES string of the molecule is O=C(Nc1ccccc1)c1cn(S(=O)(=O)c2ccccc2)c2ccccc12. The maximum atomic E-state index is 13.1. The molecule has 134 valence electrons. The summed E-state index contributed by atoms with van der Waals surface area (Å²) in [7, 11) is -3.81. The molecule has 0 atom stereocenters. The highest BCUT2D eigenvalue weighted by Crippen LogP contribution is 2.26. The third kappa shape index (κ3) is 3.11. The second-order valence-electron chi connectivity index (χ2n) is 5.99. The molecule has 0 aliphatic rings. The van der Waals surface area contributed by atoms with Gasteiger partial charge in [0.25, 0.3) is 15.9 Å². The van der Waals surface area contributed by atoms with Crippen molar-refractivity contribution >= 4 is 32.5 Å². The fourth-order valence-electron chi connectivity index (χ4n) is 2.96. The lowest BCUT2D eigenvalue weighted by Gasteiger charge is -2.07. The van der Waals surface area contributed by atoms with Crippen LogP contribution < -0.4 is 5.32 Å². The summed E-state index contributed by atoms with van der Waals surface area (Å²) in [5.41, 5.74) is 1.40. The molecule has 4 aromatic rings. The van der Waals surface area contributed by atoms with E-state index in [4.69, 9.17) is 0 Å². The Morgan fingerprint density at radius 3 is 2.07 bits per heavy atom. The molecule has 1 aromatic heterocycles. The first-order chi connectivity index (χ1) is 13.1. The molecule has 1 amide bonds. The number of fused-ring (bicyclic) bond motifs is 1. The molecule has 0 aliphatic heterocycles. The van der Waals surface area contributed by atoms with E-state index in [0.717, 1.165) is 3.97 Å². The average Bonchev–Trinajstić information content (AvgIpc) is 3.10. The average molecular weight is 376 g/mol. The van der Waals surface area contributed by atoms with Crippen molar-refractivity contribution in [1.29, 1.82) is 0 Å². The quantitative estimate of drug-likeness (QED) is 0.582. The van der Waals surface area contributed by atoms with Crippen LogP contribution in [0.2, 0.25) is 0 Å². The number of hydrogen-bond donors (Lipinski definition) is 1. The molecule has 6 heteroatoms. The maximum absolute atomic E-state index is 13.1. The van der Waals surface area contributed by atoms with Gasteiger partial charge in [-0.1, -0.05) is 54.6 Å². The van der Waals surface area contributed by atoms with Crippen LogP contribution in [0.25, 0.3) is 10.9 Å². The molecule has 1 heterocycles. The number of anilines is 1. The predicted molar refractivity (Wildman–Crippen MR) is 105 cm³/mol. The van der Waals surface area contributed by atoms with Gasteiger partial charge in [0.2, 0.25) is 0 Å². The normalized spacial score (nSPS) is 11.4. The molecule has 0 bridgehead atoms. The lowest BCUT2D eigenvalue weighted by Crippen LogP contribution is -2.13. The molecule has 4 rings (SSSR count). The largest absolute Gasteiger partial charge is 0.322 e. The highest BCUT2D eigenvalue weighted by atomic mass is 32.2. The molecular weight excluding hydrogens is 360 g/mol. The van der Waals surface area contributed by atoms with Gasteiger partial charge in [-0.2, -0.15) is 0 Å². The van der Waals surface area contributed by atoms with E-state index in [1.54, 1.807) is 54.6 Å². The van der Waals surface area contributed by atoms with Gasteiger partial charge < -0.3 is 5.32 Å². The van der Waals surface area contributed by atoms with Crippen LogP contribution in [0.15, 0.2) is 96.0 Å². The second-order valence-corrected chi connectivity index (χ2v) is 7.81. The molecule has 0 saturated carbocycles. The first-order valence-corrected chi connectivity index (χ1v) is 9.78. The highest BCUT2D eigenvalue weighted by molar-refractivity contribution is 7.90. The van der Waals surface area contributed by atoms with Crippen LogP contribution in [0, 0.1) is 0 Å². The Bertz CT molecular complexity index is 1210. The van der Waals surface area contributed by atoms with Crippen molar-refractivity contribution in [1.82, 2.24) is 3.97 Å². The summed E-state index contributed by atoms with van der Waals surface area (Å²) in [6.45, 7) is 0. The Labute approximate surface area is 156 Å². The smallest absolute Gasteiger partial charge is 0.268 e. The van der Waals surface area contributed by atoms with Crippen molar-refractivity contribution in [3.8, 4) is 0 Å². The number of aromatic nitrogens is 1. The zero-order valence-corrected chi connectivity index (χ0v) is 15.1. The Kier molecular flexibility index (Phi) is 4.25. The van der Waals surface area contributed by atoms with Crippen molar-refractivity contribution in [2.75, 3.05) is 5.32 Å². The number of amides is 1. The second kappa shape index (κ2) is 6.74. The molecule has 5 nitrogen and oxygen atoms in total. The number of para-hydroxylation sites is 2. The minimum Gasteiger partial charge on any atom is -0.322 e. The summed E-state index contributed by atoms with van der Waals surface area (Å²) < 4.78 is 27.3. The Morgan fingerprint density at radius 1 is 0.778 bits per heavy atom. The van der Waals surface area contributed by atoms with Crippen LogP contribution in [-0.4, -0.2) is 18.3 Å². The summed E-state index contributed by atoms with van der Waals surface area (Å²) in [6.07, 6.45) is 1.38. The molecule has 0 saturated heterocycles. The lowest BCUT2D eigenvalue weighted by atomic mass is 10.1. The molecular formula is C21H16N2O3S. The fraction of sp³-hybridized carbons (Fsp3) is 0. The van der Waals surface area contributed by atoms with Gasteiger partial charge in [-0.15, -0.1) is 0 Å². The Balaban J connectivity index is 1.84. The number of carbonyl (C=O) groups excluding carboxylic acids is 1. The van der Waals surface area contributed by atoms with Gasteiger partial charge >= 0.3 is 0 Å². The van der Waals surface area contributed by atoms with Crippen LogP contribution in [0.5, 0.6) is 0 Å². The minimum atomic E-state index is -3.81. The Hall–Kier alpha value is -3.38. The molecule has 27 heavy (non-hydrogen) atoms. The van der Waals surface area contributed by atoms with E-state index in [2.05, 4.69) is 5.32 Å². The van der Waals surface area contributed by atoms with Crippen molar-refractivity contribution in [3.63, 3.8) is 0 Å². The van der Waals surface area contributed by atoms with E-state index in [9.17, 15) is 13.2 Å².